The minimum atomic E-state index is -0.685. The van der Waals surface area contributed by atoms with Crippen molar-refractivity contribution in [2.45, 2.75) is 39.8 Å². The molecule has 2 rings (SSSR count). The van der Waals surface area contributed by atoms with Crippen molar-refractivity contribution < 1.29 is 19.1 Å². The van der Waals surface area contributed by atoms with Crippen LogP contribution in [0.5, 0.6) is 0 Å². The number of pyridine rings is 1. The number of anilines is 1. The molecule has 8 heteroatoms. The molecule has 2 heterocycles. The van der Waals surface area contributed by atoms with Crippen LogP contribution in [0.1, 0.15) is 38.2 Å². The highest BCUT2D eigenvalue weighted by Crippen LogP contribution is 2.24. The molecule has 0 spiro atoms. The summed E-state index contributed by atoms with van der Waals surface area (Å²) in [7, 11) is 1.25. The Morgan fingerprint density at radius 1 is 1.28 bits per heavy atom. The summed E-state index contributed by atoms with van der Waals surface area (Å²) in [6, 6.07) is 1.62. The summed E-state index contributed by atoms with van der Waals surface area (Å²) in [6.07, 6.45) is 4.38. The number of nitrogens with zero attached hydrogens (tertiary/aromatic N) is 3. The van der Waals surface area contributed by atoms with Crippen LogP contribution in [0.15, 0.2) is 24.8 Å². The summed E-state index contributed by atoms with van der Waals surface area (Å²) in [5, 5.41) is 2.55. The minimum Gasteiger partial charge on any atom is -0.464 e. The first kappa shape index (κ1) is 18.4. The van der Waals surface area contributed by atoms with Gasteiger partial charge in [-0.25, -0.2) is 19.6 Å². The van der Waals surface area contributed by atoms with E-state index in [-0.39, 0.29) is 11.4 Å². The van der Waals surface area contributed by atoms with E-state index in [0.717, 1.165) is 6.54 Å². The Labute approximate surface area is 146 Å². The van der Waals surface area contributed by atoms with E-state index in [1.54, 1.807) is 33.2 Å². The number of aromatic nitrogens is 3. The highest BCUT2D eigenvalue weighted by atomic mass is 16.6. The van der Waals surface area contributed by atoms with Gasteiger partial charge in [-0.05, 0) is 33.8 Å². The lowest BCUT2D eigenvalue weighted by molar-refractivity contribution is 0.0595. The highest BCUT2D eigenvalue weighted by molar-refractivity contribution is 5.98. The van der Waals surface area contributed by atoms with Gasteiger partial charge in [0.25, 0.3) is 0 Å². The van der Waals surface area contributed by atoms with E-state index in [0.29, 0.717) is 11.3 Å². The molecule has 0 saturated heterocycles. The van der Waals surface area contributed by atoms with Crippen molar-refractivity contribution >= 4 is 17.7 Å². The molecule has 0 aromatic carbocycles. The van der Waals surface area contributed by atoms with Crippen LogP contribution in [0.4, 0.5) is 10.5 Å². The van der Waals surface area contributed by atoms with E-state index in [2.05, 4.69) is 15.3 Å². The second kappa shape index (κ2) is 7.33. The van der Waals surface area contributed by atoms with Gasteiger partial charge < -0.3 is 14.0 Å². The molecule has 0 aliphatic carbocycles. The van der Waals surface area contributed by atoms with Gasteiger partial charge in [-0.1, -0.05) is 0 Å². The normalized spacial score (nSPS) is 11.1. The number of amides is 1. The predicted molar refractivity (Wildman–Crippen MR) is 92.3 cm³/mol. The number of hydrogen-bond donors (Lipinski definition) is 1. The maximum absolute atomic E-state index is 12.1. The van der Waals surface area contributed by atoms with Crippen molar-refractivity contribution in [1.29, 1.82) is 0 Å². The molecule has 134 valence electrons. The maximum Gasteiger partial charge on any atom is 0.412 e. The van der Waals surface area contributed by atoms with Crippen molar-refractivity contribution in [2.24, 2.45) is 0 Å². The Morgan fingerprint density at radius 2 is 2.00 bits per heavy atom. The summed E-state index contributed by atoms with van der Waals surface area (Å²) in [4.78, 5) is 32.4. The molecule has 0 atom stereocenters. The number of carbonyl (C=O) groups is 2. The lowest BCUT2D eigenvalue weighted by Crippen LogP contribution is -2.28. The van der Waals surface area contributed by atoms with E-state index in [1.165, 1.54) is 13.3 Å². The number of nitrogens with one attached hydrogen (secondary N) is 1. The van der Waals surface area contributed by atoms with Gasteiger partial charge in [0.2, 0.25) is 0 Å². The molecule has 25 heavy (non-hydrogen) atoms. The van der Waals surface area contributed by atoms with E-state index in [4.69, 9.17) is 9.47 Å². The molecule has 0 radical (unpaired) electrons. The molecule has 1 N–H and O–H groups in total. The average Bonchev–Trinajstić information content (AvgIpc) is 3.01. The molecule has 2 aromatic rings. The first-order valence-corrected chi connectivity index (χ1v) is 7.84. The zero-order valence-electron chi connectivity index (χ0n) is 15.0. The van der Waals surface area contributed by atoms with Gasteiger partial charge in [0.05, 0.1) is 24.8 Å². The minimum absolute atomic E-state index is 0.00738. The zero-order valence-corrected chi connectivity index (χ0v) is 15.0. The number of rotatable bonds is 4. The number of esters is 1. The third kappa shape index (κ3) is 4.79. The topological polar surface area (TPSA) is 95.3 Å². The third-order valence-corrected chi connectivity index (χ3v) is 3.20. The van der Waals surface area contributed by atoms with Crippen LogP contribution in [-0.4, -0.2) is 39.3 Å². The average molecular weight is 346 g/mol. The molecule has 0 saturated carbocycles. The summed E-state index contributed by atoms with van der Waals surface area (Å²) in [5.74, 6) is -0.656. The Morgan fingerprint density at radius 3 is 2.56 bits per heavy atom. The van der Waals surface area contributed by atoms with Gasteiger partial charge in [0.15, 0.2) is 5.69 Å². The van der Waals surface area contributed by atoms with Crippen LogP contribution < -0.4 is 5.32 Å². The summed E-state index contributed by atoms with van der Waals surface area (Å²) >= 11 is 0. The fraction of sp³-hybridized carbons (Fsp3) is 0.412. The SMILES string of the molecule is CCn1cnc(-c2cnc(C(=O)OC)c(NC(=O)OC(C)(C)C)c2)c1. The smallest absolute Gasteiger partial charge is 0.412 e. The monoisotopic (exact) mass is 346 g/mol. The largest absolute Gasteiger partial charge is 0.464 e. The Bertz CT molecular complexity index is 777. The number of hydrogen-bond acceptors (Lipinski definition) is 6. The Hall–Kier alpha value is -2.90. The van der Waals surface area contributed by atoms with Crippen LogP contribution in [0, 0.1) is 0 Å². The van der Waals surface area contributed by atoms with Gasteiger partial charge in [0, 0.05) is 24.5 Å². The fourth-order valence-corrected chi connectivity index (χ4v) is 2.06. The van der Waals surface area contributed by atoms with Crippen molar-refractivity contribution in [1.82, 2.24) is 14.5 Å². The number of methoxy groups -OCH3 is 1. The number of imidazole rings is 1. The zero-order chi connectivity index (χ0) is 18.6. The molecule has 0 unspecified atom stereocenters. The number of carbonyl (C=O) groups excluding carboxylic acids is 2. The lowest BCUT2D eigenvalue weighted by atomic mass is 10.1. The van der Waals surface area contributed by atoms with Crippen molar-refractivity contribution in [3.63, 3.8) is 0 Å². The van der Waals surface area contributed by atoms with Gasteiger partial charge >= 0.3 is 12.1 Å². The van der Waals surface area contributed by atoms with E-state index >= 15 is 0 Å². The van der Waals surface area contributed by atoms with Crippen LogP contribution >= 0.6 is 0 Å². The molecule has 0 fully saturated rings. The Balaban J connectivity index is 2.37. The molecule has 0 bridgehead atoms. The molecule has 1 amide bonds. The number of aryl methyl sites for hydroxylation is 1. The molecule has 0 aliphatic rings. The van der Waals surface area contributed by atoms with E-state index in [9.17, 15) is 9.59 Å². The molecular formula is C17H22N4O4. The van der Waals surface area contributed by atoms with Gasteiger partial charge in [-0.15, -0.1) is 0 Å². The van der Waals surface area contributed by atoms with Crippen molar-refractivity contribution in [3.05, 3.63) is 30.5 Å². The van der Waals surface area contributed by atoms with Gasteiger partial charge in [0.1, 0.15) is 5.60 Å². The predicted octanol–water partition coefficient (Wildman–Crippen LogP) is 3.10. The van der Waals surface area contributed by atoms with Crippen LogP contribution in [-0.2, 0) is 16.0 Å². The van der Waals surface area contributed by atoms with Crippen LogP contribution in [0.3, 0.4) is 0 Å². The quantitative estimate of drug-likeness (QED) is 0.855. The molecule has 8 nitrogen and oxygen atoms in total. The fourth-order valence-electron chi connectivity index (χ4n) is 2.06. The Kier molecular flexibility index (Phi) is 5.41. The van der Waals surface area contributed by atoms with E-state index in [1.807, 2.05) is 17.7 Å². The molecule has 2 aromatic heterocycles. The van der Waals surface area contributed by atoms with Gasteiger partial charge in [-0.3, -0.25) is 5.32 Å². The summed E-state index contributed by atoms with van der Waals surface area (Å²) < 4.78 is 11.8. The van der Waals surface area contributed by atoms with Crippen molar-refractivity contribution in [3.8, 4) is 11.3 Å². The van der Waals surface area contributed by atoms with E-state index < -0.39 is 17.7 Å². The first-order valence-electron chi connectivity index (χ1n) is 7.84. The molecular weight excluding hydrogens is 324 g/mol. The van der Waals surface area contributed by atoms with Gasteiger partial charge in [-0.2, -0.15) is 0 Å². The third-order valence-electron chi connectivity index (χ3n) is 3.20. The van der Waals surface area contributed by atoms with Crippen molar-refractivity contribution in [2.75, 3.05) is 12.4 Å². The molecule has 0 aliphatic heterocycles. The summed E-state index contributed by atoms with van der Waals surface area (Å²) in [5.41, 5.74) is 0.862. The first-order chi connectivity index (χ1) is 11.7. The lowest BCUT2D eigenvalue weighted by Gasteiger charge is -2.20. The second-order valence-corrected chi connectivity index (χ2v) is 6.33. The van der Waals surface area contributed by atoms with Crippen LogP contribution in [0.2, 0.25) is 0 Å². The second-order valence-electron chi connectivity index (χ2n) is 6.33. The summed E-state index contributed by atoms with van der Waals surface area (Å²) in [6.45, 7) is 8.03. The standard InChI is InChI=1S/C17H22N4O4/c1-6-21-9-13(19-10-21)11-7-12(14(18-8-11)15(22)24-5)20-16(23)25-17(2,3)4/h7-10H,6H2,1-5H3,(H,20,23). The highest BCUT2D eigenvalue weighted by Gasteiger charge is 2.21. The number of ether oxygens (including phenoxy) is 2. The maximum atomic E-state index is 12.1. The van der Waals surface area contributed by atoms with Crippen LogP contribution in [0.25, 0.3) is 11.3 Å².